The smallest absolute Gasteiger partial charge is 0.247 e. The highest BCUT2D eigenvalue weighted by Gasteiger charge is 2.22. The molecule has 1 unspecified atom stereocenters. The standard InChI is InChI=1S/C18H20N6O2S/c1-12-16(27-17(21-12)14-6-4-7-19-10-14)22-15(25)11-23(3)18(26)13(2)24-9-5-8-20-24/h4-10,13H,11H2,1-3H3,(H,22,25). The fraction of sp³-hybridized carbons (Fsp3) is 0.278. The highest BCUT2D eigenvalue weighted by atomic mass is 32.1. The lowest BCUT2D eigenvalue weighted by Crippen LogP contribution is -2.38. The van der Waals surface area contributed by atoms with Crippen LogP contribution >= 0.6 is 11.3 Å². The predicted octanol–water partition coefficient (Wildman–Crippen LogP) is 2.37. The van der Waals surface area contributed by atoms with Gasteiger partial charge >= 0.3 is 0 Å². The van der Waals surface area contributed by atoms with E-state index in [1.807, 2.05) is 19.1 Å². The van der Waals surface area contributed by atoms with Crippen molar-refractivity contribution in [2.75, 3.05) is 18.9 Å². The summed E-state index contributed by atoms with van der Waals surface area (Å²) in [7, 11) is 1.60. The van der Waals surface area contributed by atoms with Gasteiger partial charge in [-0.2, -0.15) is 5.10 Å². The van der Waals surface area contributed by atoms with Crippen LogP contribution < -0.4 is 5.32 Å². The molecule has 0 aromatic carbocycles. The molecule has 0 aliphatic carbocycles. The SMILES string of the molecule is Cc1nc(-c2cccnc2)sc1NC(=O)CN(C)C(=O)C(C)n1cccn1. The van der Waals surface area contributed by atoms with E-state index in [1.54, 1.807) is 49.5 Å². The maximum Gasteiger partial charge on any atom is 0.247 e. The maximum absolute atomic E-state index is 12.5. The molecule has 3 aromatic heterocycles. The van der Waals surface area contributed by atoms with E-state index in [1.165, 1.54) is 16.2 Å². The molecule has 3 rings (SSSR count). The summed E-state index contributed by atoms with van der Waals surface area (Å²) in [5.41, 5.74) is 1.62. The Labute approximate surface area is 160 Å². The number of pyridine rings is 1. The Hall–Kier alpha value is -3.07. The lowest BCUT2D eigenvalue weighted by atomic mass is 10.3. The monoisotopic (exact) mass is 384 g/mol. The molecule has 8 nitrogen and oxygen atoms in total. The van der Waals surface area contributed by atoms with Gasteiger partial charge in [-0.25, -0.2) is 4.98 Å². The van der Waals surface area contributed by atoms with Crippen molar-refractivity contribution in [3.05, 3.63) is 48.7 Å². The molecule has 0 saturated carbocycles. The van der Waals surface area contributed by atoms with Crippen LogP contribution in [-0.2, 0) is 9.59 Å². The van der Waals surface area contributed by atoms with Crippen LogP contribution in [0.5, 0.6) is 0 Å². The molecule has 3 heterocycles. The molecule has 0 bridgehead atoms. The molecule has 0 saturated heterocycles. The second-order valence-electron chi connectivity index (χ2n) is 6.08. The van der Waals surface area contributed by atoms with Crippen LogP contribution in [0.4, 0.5) is 5.00 Å². The van der Waals surface area contributed by atoms with Crippen LogP contribution in [0.2, 0.25) is 0 Å². The van der Waals surface area contributed by atoms with Gasteiger partial charge in [0.05, 0.1) is 12.2 Å². The number of carbonyl (C=O) groups is 2. The Bertz CT molecular complexity index is 923. The van der Waals surface area contributed by atoms with Crippen LogP contribution in [0.3, 0.4) is 0 Å². The van der Waals surface area contributed by atoms with E-state index in [-0.39, 0.29) is 18.4 Å². The summed E-state index contributed by atoms with van der Waals surface area (Å²) in [6.45, 7) is 3.53. The second kappa shape index (κ2) is 8.09. The van der Waals surface area contributed by atoms with Gasteiger partial charge in [-0.15, -0.1) is 0 Å². The summed E-state index contributed by atoms with van der Waals surface area (Å²) in [4.78, 5) is 34.8. The van der Waals surface area contributed by atoms with E-state index in [4.69, 9.17) is 0 Å². The minimum Gasteiger partial charge on any atom is -0.335 e. The first-order valence-corrected chi connectivity index (χ1v) is 9.19. The third-order valence-corrected chi connectivity index (χ3v) is 5.12. The Kier molecular flexibility index (Phi) is 5.60. The number of carbonyl (C=O) groups excluding carboxylic acids is 2. The third kappa shape index (κ3) is 4.37. The molecule has 9 heteroatoms. The number of anilines is 1. The molecule has 3 aromatic rings. The van der Waals surface area contributed by atoms with Gasteiger partial charge in [0.25, 0.3) is 0 Å². The molecule has 0 fully saturated rings. The third-order valence-electron chi connectivity index (χ3n) is 3.99. The lowest BCUT2D eigenvalue weighted by molar-refractivity contribution is -0.136. The largest absolute Gasteiger partial charge is 0.335 e. The van der Waals surface area contributed by atoms with Gasteiger partial charge < -0.3 is 10.2 Å². The maximum atomic E-state index is 12.5. The van der Waals surface area contributed by atoms with E-state index in [9.17, 15) is 9.59 Å². The van der Waals surface area contributed by atoms with E-state index >= 15 is 0 Å². The summed E-state index contributed by atoms with van der Waals surface area (Å²) in [6, 6.07) is 5.04. The van der Waals surface area contributed by atoms with Gasteiger partial charge in [-0.3, -0.25) is 19.3 Å². The van der Waals surface area contributed by atoms with Gasteiger partial charge in [0, 0.05) is 37.4 Å². The van der Waals surface area contributed by atoms with E-state index in [0.29, 0.717) is 5.00 Å². The topological polar surface area (TPSA) is 93.0 Å². The molecule has 0 spiro atoms. The minimum atomic E-state index is -0.472. The number of likely N-dealkylation sites (N-methyl/N-ethyl adjacent to an activating group) is 1. The Morgan fingerprint density at radius 2 is 2.15 bits per heavy atom. The van der Waals surface area contributed by atoms with Crippen LogP contribution in [0.25, 0.3) is 10.6 Å². The summed E-state index contributed by atoms with van der Waals surface area (Å²) in [5, 5.41) is 8.36. The zero-order valence-corrected chi connectivity index (χ0v) is 16.1. The number of aryl methyl sites for hydroxylation is 1. The number of rotatable bonds is 6. The molecule has 0 aliphatic heterocycles. The van der Waals surface area contributed by atoms with Crippen LogP contribution in [0.15, 0.2) is 43.0 Å². The molecule has 0 radical (unpaired) electrons. The zero-order valence-electron chi connectivity index (χ0n) is 15.3. The van der Waals surface area contributed by atoms with Gasteiger partial charge in [0.15, 0.2) is 0 Å². The van der Waals surface area contributed by atoms with E-state index in [0.717, 1.165) is 16.3 Å². The molecule has 2 amide bonds. The Morgan fingerprint density at radius 3 is 2.81 bits per heavy atom. The fourth-order valence-electron chi connectivity index (χ4n) is 2.53. The number of nitrogens with one attached hydrogen (secondary N) is 1. The normalized spacial score (nSPS) is 11.8. The number of nitrogens with zero attached hydrogens (tertiary/aromatic N) is 5. The summed E-state index contributed by atoms with van der Waals surface area (Å²) in [6.07, 6.45) is 6.76. The van der Waals surface area contributed by atoms with Crippen molar-refractivity contribution in [2.45, 2.75) is 19.9 Å². The van der Waals surface area contributed by atoms with Crippen LogP contribution in [0, 0.1) is 6.92 Å². The van der Waals surface area contributed by atoms with E-state index < -0.39 is 6.04 Å². The first kappa shape index (κ1) is 18.7. The van der Waals surface area contributed by atoms with Gasteiger partial charge in [0.2, 0.25) is 11.8 Å². The van der Waals surface area contributed by atoms with Crippen molar-refractivity contribution in [1.29, 1.82) is 0 Å². The highest BCUT2D eigenvalue weighted by molar-refractivity contribution is 7.19. The lowest BCUT2D eigenvalue weighted by Gasteiger charge is -2.21. The first-order valence-electron chi connectivity index (χ1n) is 8.37. The second-order valence-corrected chi connectivity index (χ2v) is 7.08. The zero-order chi connectivity index (χ0) is 19.4. The molecule has 1 N–H and O–H groups in total. The highest BCUT2D eigenvalue weighted by Crippen LogP contribution is 2.31. The summed E-state index contributed by atoms with van der Waals surface area (Å²) in [5.74, 6) is -0.464. The quantitative estimate of drug-likeness (QED) is 0.704. The van der Waals surface area contributed by atoms with Crippen molar-refractivity contribution >= 4 is 28.2 Å². The average molecular weight is 384 g/mol. The van der Waals surface area contributed by atoms with Crippen molar-refractivity contribution in [1.82, 2.24) is 24.6 Å². The molecular formula is C18H20N6O2S. The Morgan fingerprint density at radius 1 is 1.33 bits per heavy atom. The van der Waals surface area contributed by atoms with E-state index in [2.05, 4.69) is 20.4 Å². The van der Waals surface area contributed by atoms with Gasteiger partial charge in [-0.05, 0) is 32.0 Å². The van der Waals surface area contributed by atoms with Crippen molar-refractivity contribution in [2.24, 2.45) is 0 Å². The molecule has 140 valence electrons. The number of aromatic nitrogens is 4. The molecule has 0 aliphatic rings. The van der Waals surface area contributed by atoms with Crippen molar-refractivity contribution in [3.8, 4) is 10.6 Å². The molecular weight excluding hydrogens is 364 g/mol. The molecule has 27 heavy (non-hydrogen) atoms. The first-order chi connectivity index (χ1) is 13.0. The summed E-state index contributed by atoms with van der Waals surface area (Å²) < 4.78 is 1.56. The minimum absolute atomic E-state index is 0.0516. The number of amides is 2. The Balaban J connectivity index is 1.62. The van der Waals surface area contributed by atoms with Crippen LogP contribution in [-0.4, -0.2) is 50.1 Å². The van der Waals surface area contributed by atoms with Crippen LogP contribution in [0.1, 0.15) is 18.7 Å². The average Bonchev–Trinajstić information content (AvgIpc) is 3.32. The van der Waals surface area contributed by atoms with Gasteiger partial charge in [-0.1, -0.05) is 11.3 Å². The summed E-state index contributed by atoms with van der Waals surface area (Å²) >= 11 is 1.38. The number of thiazole rings is 1. The fourth-order valence-corrected chi connectivity index (χ4v) is 3.50. The number of hydrogen-bond donors (Lipinski definition) is 1. The van der Waals surface area contributed by atoms with Gasteiger partial charge in [0.1, 0.15) is 16.1 Å². The van der Waals surface area contributed by atoms with Crippen molar-refractivity contribution in [3.63, 3.8) is 0 Å². The number of hydrogen-bond acceptors (Lipinski definition) is 6. The predicted molar refractivity (Wildman–Crippen MR) is 103 cm³/mol. The molecule has 1 atom stereocenters. The van der Waals surface area contributed by atoms with Crippen molar-refractivity contribution < 1.29 is 9.59 Å².